The summed E-state index contributed by atoms with van der Waals surface area (Å²) in [4.78, 5) is 20.7. The van der Waals surface area contributed by atoms with Crippen molar-refractivity contribution in [3.05, 3.63) is 64.2 Å². The SMILES string of the molecule is COc1ccc(-c2nc(C)c(C(=O)NCc3ccccc3CN3CCCC3)s2)cc1OC. The van der Waals surface area contributed by atoms with Crippen molar-refractivity contribution in [2.45, 2.75) is 32.9 Å². The molecular weight excluding hydrogens is 422 g/mol. The Hall–Kier alpha value is -2.90. The van der Waals surface area contributed by atoms with Gasteiger partial charge in [-0.1, -0.05) is 24.3 Å². The number of hydrogen-bond acceptors (Lipinski definition) is 6. The van der Waals surface area contributed by atoms with Gasteiger partial charge < -0.3 is 14.8 Å². The van der Waals surface area contributed by atoms with E-state index in [1.807, 2.05) is 31.2 Å². The van der Waals surface area contributed by atoms with Gasteiger partial charge in [0, 0.05) is 18.7 Å². The van der Waals surface area contributed by atoms with Crippen molar-refractivity contribution >= 4 is 17.2 Å². The standard InChI is InChI=1S/C25H29N3O3S/c1-17-23(32-25(27-17)18-10-11-21(30-2)22(14-18)31-3)24(29)26-15-19-8-4-5-9-20(19)16-28-12-6-7-13-28/h4-5,8-11,14H,6-7,12-13,15-16H2,1-3H3,(H,26,29). The van der Waals surface area contributed by atoms with Crippen molar-refractivity contribution in [3.8, 4) is 22.1 Å². The summed E-state index contributed by atoms with van der Waals surface area (Å²) in [5, 5.41) is 3.88. The Bertz CT molecular complexity index is 1090. The third-order valence-corrected chi connectivity index (χ3v) is 6.99. The summed E-state index contributed by atoms with van der Waals surface area (Å²) >= 11 is 1.39. The Morgan fingerprint density at radius 2 is 1.78 bits per heavy atom. The summed E-state index contributed by atoms with van der Waals surface area (Å²) in [5.41, 5.74) is 4.06. The van der Waals surface area contributed by atoms with E-state index in [4.69, 9.17) is 9.47 Å². The van der Waals surface area contributed by atoms with Crippen LogP contribution in [0.2, 0.25) is 0 Å². The van der Waals surface area contributed by atoms with Crippen molar-refractivity contribution in [2.24, 2.45) is 0 Å². The number of aryl methyl sites for hydroxylation is 1. The molecule has 0 aliphatic carbocycles. The average molecular weight is 452 g/mol. The quantitative estimate of drug-likeness (QED) is 0.540. The zero-order valence-corrected chi connectivity index (χ0v) is 19.6. The highest BCUT2D eigenvalue weighted by atomic mass is 32.1. The van der Waals surface area contributed by atoms with E-state index in [0.717, 1.165) is 41.5 Å². The summed E-state index contributed by atoms with van der Waals surface area (Å²) in [6, 6.07) is 14.0. The van der Waals surface area contributed by atoms with Crippen molar-refractivity contribution in [2.75, 3.05) is 27.3 Å². The lowest BCUT2D eigenvalue weighted by Gasteiger charge is -2.17. The molecule has 0 saturated carbocycles. The summed E-state index contributed by atoms with van der Waals surface area (Å²) in [7, 11) is 3.21. The lowest BCUT2D eigenvalue weighted by molar-refractivity contribution is 0.0954. The van der Waals surface area contributed by atoms with E-state index in [9.17, 15) is 4.79 Å². The number of rotatable bonds is 8. The number of aromatic nitrogens is 1. The van der Waals surface area contributed by atoms with E-state index >= 15 is 0 Å². The minimum absolute atomic E-state index is 0.0947. The molecule has 1 fully saturated rings. The Morgan fingerprint density at radius 1 is 1.06 bits per heavy atom. The zero-order chi connectivity index (χ0) is 22.5. The Morgan fingerprint density at radius 3 is 2.50 bits per heavy atom. The molecule has 1 aliphatic heterocycles. The van der Waals surface area contributed by atoms with E-state index in [1.54, 1.807) is 14.2 Å². The number of ether oxygens (including phenoxy) is 2. The monoisotopic (exact) mass is 451 g/mol. The van der Waals surface area contributed by atoms with Gasteiger partial charge in [-0.3, -0.25) is 9.69 Å². The van der Waals surface area contributed by atoms with Gasteiger partial charge in [-0.25, -0.2) is 4.98 Å². The Labute approximate surface area is 193 Å². The van der Waals surface area contributed by atoms with Gasteiger partial charge in [0.1, 0.15) is 9.88 Å². The van der Waals surface area contributed by atoms with Gasteiger partial charge in [0.05, 0.1) is 19.9 Å². The van der Waals surface area contributed by atoms with Crippen LogP contribution in [0, 0.1) is 6.92 Å². The fourth-order valence-electron chi connectivity index (χ4n) is 4.02. The smallest absolute Gasteiger partial charge is 0.263 e. The molecule has 2 heterocycles. The first kappa shape index (κ1) is 22.3. The zero-order valence-electron chi connectivity index (χ0n) is 18.8. The van der Waals surface area contributed by atoms with E-state index in [1.165, 1.54) is 29.7 Å². The maximum absolute atomic E-state index is 13.0. The number of likely N-dealkylation sites (tertiary alicyclic amines) is 1. The van der Waals surface area contributed by atoms with Crippen LogP contribution in [0.15, 0.2) is 42.5 Å². The van der Waals surface area contributed by atoms with Gasteiger partial charge in [-0.05, 0) is 62.2 Å². The third kappa shape index (κ3) is 4.95. The van der Waals surface area contributed by atoms with Crippen LogP contribution in [0.1, 0.15) is 39.3 Å². The normalized spacial score (nSPS) is 13.8. The molecular formula is C25H29N3O3S. The summed E-state index contributed by atoms with van der Waals surface area (Å²) in [6.45, 7) is 5.62. The van der Waals surface area contributed by atoms with Gasteiger partial charge in [0.25, 0.3) is 5.91 Å². The number of nitrogens with zero attached hydrogens (tertiary/aromatic N) is 2. The van der Waals surface area contributed by atoms with Crippen molar-refractivity contribution in [1.29, 1.82) is 0 Å². The number of nitrogens with one attached hydrogen (secondary N) is 1. The first-order chi connectivity index (χ1) is 15.6. The van der Waals surface area contributed by atoms with E-state index in [0.29, 0.717) is 22.9 Å². The molecule has 32 heavy (non-hydrogen) atoms. The first-order valence-corrected chi connectivity index (χ1v) is 11.7. The maximum Gasteiger partial charge on any atom is 0.263 e. The van der Waals surface area contributed by atoms with Crippen LogP contribution in [0.3, 0.4) is 0 Å². The average Bonchev–Trinajstić information content (AvgIpc) is 3.47. The van der Waals surface area contributed by atoms with Gasteiger partial charge in [-0.2, -0.15) is 0 Å². The van der Waals surface area contributed by atoms with Crippen LogP contribution in [-0.2, 0) is 13.1 Å². The molecule has 2 aromatic carbocycles. The summed E-state index contributed by atoms with van der Waals surface area (Å²) in [6.07, 6.45) is 2.54. The van der Waals surface area contributed by atoms with Crippen LogP contribution in [0.25, 0.3) is 10.6 Å². The van der Waals surface area contributed by atoms with E-state index in [2.05, 4.69) is 33.4 Å². The molecule has 1 amide bonds. The molecule has 0 bridgehead atoms. The molecule has 1 aliphatic rings. The minimum atomic E-state index is -0.0947. The van der Waals surface area contributed by atoms with Crippen molar-refractivity contribution in [1.82, 2.24) is 15.2 Å². The molecule has 3 aromatic rings. The molecule has 4 rings (SSSR count). The highest BCUT2D eigenvalue weighted by Gasteiger charge is 2.18. The molecule has 7 heteroatoms. The lowest BCUT2D eigenvalue weighted by Crippen LogP contribution is -2.24. The van der Waals surface area contributed by atoms with Crippen LogP contribution < -0.4 is 14.8 Å². The second-order valence-corrected chi connectivity index (χ2v) is 8.94. The second-order valence-electron chi connectivity index (χ2n) is 7.94. The molecule has 1 saturated heterocycles. The van der Waals surface area contributed by atoms with E-state index in [-0.39, 0.29) is 5.91 Å². The number of methoxy groups -OCH3 is 2. The van der Waals surface area contributed by atoms with Crippen LogP contribution in [0.5, 0.6) is 11.5 Å². The highest BCUT2D eigenvalue weighted by molar-refractivity contribution is 7.17. The van der Waals surface area contributed by atoms with Crippen LogP contribution in [0.4, 0.5) is 0 Å². The van der Waals surface area contributed by atoms with Crippen molar-refractivity contribution in [3.63, 3.8) is 0 Å². The fraction of sp³-hybridized carbons (Fsp3) is 0.360. The number of amides is 1. The molecule has 0 spiro atoms. The summed E-state index contributed by atoms with van der Waals surface area (Å²) < 4.78 is 10.7. The number of benzene rings is 2. The molecule has 6 nitrogen and oxygen atoms in total. The lowest BCUT2D eigenvalue weighted by atomic mass is 10.1. The minimum Gasteiger partial charge on any atom is -0.493 e. The predicted molar refractivity (Wildman–Crippen MR) is 128 cm³/mol. The van der Waals surface area contributed by atoms with Gasteiger partial charge in [0.2, 0.25) is 0 Å². The number of thiazole rings is 1. The number of carbonyl (C=O) groups excluding carboxylic acids is 1. The maximum atomic E-state index is 13.0. The first-order valence-electron chi connectivity index (χ1n) is 10.9. The molecule has 168 valence electrons. The van der Waals surface area contributed by atoms with Crippen molar-refractivity contribution < 1.29 is 14.3 Å². The predicted octanol–water partition coefficient (Wildman–Crippen LogP) is 4.66. The van der Waals surface area contributed by atoms with Crippen LogP contribution >= 0.6 is 11.3 Å². The van der Waals surface area contributed by atoms with Gasteiger partial charge in [-0.15, -0.1) is 11.3 Å². The topological polar surface area (TPSA) is 63.7 Å². The highest BCUT2D eigenvalue weighted by Crippen LogP contribution is 2.35. The Balaban J connectivity index is 1.47. The molecule has 0 radical (unpaired) electrons. The van der Waals surface area contributed by atoms with Gasteiger partial charge in [0.15, 0.2) is 11.5 Å². The summed E-state index contributed by atoms with van der Waals surface area (Å²) in [5.74, 6) is 1.20. The fourth-order valence-corrected chi connectivity index (χ4v) is 5.00. The second kappa shape index (κ2) is 10.1. The Kier molecular flexibility index (Phi) is 7.07. The van der Waals surface area contributed by atoms with Crippen LogP contribution in [-0.4, -0.2) is 43.1 Å². The van der Waals surface area contributed by atoms with Gasteiger partial charge >= 0.3 is 0 Å². The number of hydrogen-bond donors (Lipinski definition) is 1. The number of carbonyl (C=O) groups is 1. The molecule has 1 N–H and O–H groups in total. The molecule has 0 atom stereocenters. The largest absolute Gasteiger partial charge is 0.493 e. The third-order valence-electron chi connectivity index (χ3n) is 5.78. The van der Waals surface area contributed by atoms with E-state index < -0.39 is 0 Å². The molecule has 1 aromatic heterocycles. The molecule has 0 unspecified atom stereocenters.